The number of hydrogen-bond acceptors (Lipinski definition) is 4. The average molecular weight is 270 g/mol. The minimum atomic E-state index is -3.27. The van der Waals surface area contributed by atoms with Crippen LogP contribution in [-0.2, 0) is 15.6 Å². The lowest BCUT2D eigenvalue weighted by molar-refractivity contribution is 0.100. The van der Waals surface area contributed by atoms with E-state index in [4.69, 9.17) is 11.5 Å². The van der Waals surface area contributed by atoms with Crippen LogP contribution in [0, 0.1) is 0 Å². The van der Waals surface area contributed by atoms with Gasteiger partial charge in [0.15, 0.2) is 9.84 Å². The number of primary amides is 1. The molecule has 0 unspecified atom stereocenters. The predicted molar refractivity (Wildman–Crippen MR) is 70.7 cm³/mol. The highest BCUT2D eigenvalue weighted by atomic mass is 32.2. The summed E-state index contributed by atoms with van der Waals surface area (Å²) in [7, 11) is -3.27. The minimum Gasteiger partial charge on any atom is -0.366 e. The summed E-state index contributed by atoms with van der Waals surface area (Å²) in [6, 6.07) is 6.20. The third-order valence-electron chi connectivity index (χ3n) is 2.22. The summed E-state index contributed by atoms with van der Waals surface area (Å²) >= 11 is 0. The molecule has 0 heterocycles. The number of hydrogen-bond donors (Lipinski definition) is 2. The van der Waals surface area contributed by atoms with Crippen LogP contribution >= 0.6 is 0 Å². The average Bonchev–Trinajstić information content (AvgIpc) is 2.13. The van der Waals surface area contributed by atoms with Gasteiger partial charge in [-0.1, -0.05) is 12.1 Å². The summed E-state index contributed by atoms with van der Waals surface area (Å²) in [4.78, 5) is 10.9. The summed E-state index contributed by atoms with van der Waals surface area (Å²) in [6.45, 7) is 3.33. The first-order valence-corrected chi connectivity index (χ1v) is 7.29. The van der Waals surface area contributed by atoms with Crippen LogP contribution in [0.15, 0.2) is 24.3 Å². The molecule has 0 aliphatic rings. The van der Waals surface area contributed by atoms with E-state index in [1.165, 1.54) is 12.1 Å². The van der Waals surface area contributed by atoms with Gasteiger partial charge in [-0.25, -0.2) is 8.42 Å². The molecule has 0 fully saturated rings. The highest BCUT2D eigenvalue weighted by molar-refractivity contribution is 7.90. The van der Waals surface area contributed by atoms with Crippen molar-refractivity contribution in [1.29, 1.82) is 0 Å². The first-order chi connectivity index (χ1) is 8.09. The summed E-state index contributed by atoms with van der Waals surface area (Å²) in [5, 5.41) is 0. The SMILES string of the molecule is CC(C)(N)CS(=O)(=O)Cc1ccc(C(N)=O)cc1. The second-order valence-corrected chi connectivity index (χ2v) is 7.15. The van der Waals surface area contributed by atoms with Crippen molar-refractivity contribution in [2.24, 2.45) is 11.5 Å². The number of rotatable bonds is 5. The van der Waals surface area contributed by atoms with Crippen molar-refractivity contribution in [3.8, 4) is 0 Å². The van der Waals surface area contributed by atoms with Crippen LogP contribution in [0.5, 0.6) is 0 Å². The van der Waals surface area contributed by atoms with Crippen molar-refractivity contribution in [2.75, 3.05) is 5.75 Å². The molecule has 0 aromatic heterocycles. The maximum atomic E-state index is 11.9. The fourth-order valence-corrected chi connectivity index (χ4v) is 3.57. The molecule has 6 heteroatoms. The summed E-state index contributed by atoms with van der Waals surface area (Å²) in [6.07, 6.45) is 0. The van der Waals surface area contributed by atoms with Gasteiger partial charge in [-0.3, -0.25) is 4.79 Å². The van der Waals surface area contributed by atoms with E-state index in [0.717, 1.165) is 0 Å². The van der Waals surface area contributed by atoms with Gasteiger partial charge in [-0.05, 0) is 31.5 Å². The summed E-state index contributed by atoms with van der Waals surface area (Å²) < 4.78 is 23.7. The molecule has 0 spiro atoms. The Labute approximate surface area is 107 Å². The Hall–Kier alpha value is -1.40. The summed E-state index contributed by atoms with van der Waals surface area (Å²) in [5.41, 5.74) is 11.0. The largest absolute Gasteiger partial charge is 0.366 e. The normalized spacial score (nSPS) is 12.4. The zero-order chi connectivity index (χ0) is 14.0. The Balaban J connectivity index is 2.82. The quantitative estimate of drug-likeness (QED) is 0.810. The fraction of sp³-hybridized carbons (Fsp3) is 0.417. The van der Waals surface area contributed by atoms with Crippen LogP contribution in [0.25, 0.3) is 0 Å². The molecule has 0 aliphatic carbocycles. The van der Waals surface area contributed by atoms with Crippen LogP contribution in [0.2, 0.25) is 0 Å². The van der Waals surface area contributed by atoms with Crippen LogP contribution in [-0.4, -0.2) is 25.6 Å². The van der Waals surface area contributed by atoms with Gasteiger partial charge in [-0.15, -0.1) is 0 Å². The van der Waals surface area contributed by atoms with E-state index in [9.17, 15) is 13.2 Å². The van der Waals surface area contributed by atoms with E-state index in [1.54, 1.807) is 26.0 Å². The third-order valence-corrected chi connectivity index (χ3v) is 4.17. The molecule has 100 valence electrons. The molecular formula is C12H18N2O3S. The number of carbonyl (C=O) groups is 1. The van der Waals surface area contributed by atoms with Crippen LogP contribution in [0.4, 0.5) is 0 Å². The van der Waals surface area contributed by atoms with Crippen LogP contribution in [0.1, 0.15) is 29.8 Å². The molecule has 0 radical (unpaired) electrons. The van der Waals surface area contributed by atoms with Gasteiger partial charge in [0.2, 0.25) is 5.91 Å². The molecule has 18 heavy (non-hydrogen) atoms. The molecule has 1 aromatic carbocycles. The van der Waals surface area contributed by atoms with E-state index in [2.05, 4.69) is 0 Å². The Morgan fingerprint density at radius 1 is 1.22 bits per heavy atom. The van der Waals surface area contributed by atoms with Crippen molar-refractivity contribution < 1.29 is 13.2 Å². The van der Waals surface area contributed by atoms with Gasteiger partial charge in [0.05, 0.1) is 11.5 Å². The van der Waals surface area contributed by atoms with Gasteiger partial charge in [0.1, 0.15) is 0 Å². The lowest BCUT2D eigenvalue weighted by Gasteiger charge is -2.18. The van der Waals surface area contributed by atoms with Crippen LogP contribution < -0.4 is 11.5 Å². The molecule has 5 nitrogen and oxygen atoms in total. The van der Waals surface area contributed by atoms with Gasteiger partial charge in [0.25, 0.3) is 0 Å². The van der Waals surface area contributed by atoms with E-state index in [1.807, 2.05) is 0 Å². The number of amides is 1. The number of benzene rings is 1. The zero-order valence-electron chi connectivity index (χ0n) is 10.5. The monoisotopic (exact) mass is 270 g/mol. The Morgan fingerprint density at radius 2 is 1.72 bits per heavy atom. The molecule has 0 bridgehead atoms. The smallest absolute Gasteiger partial charge is 0.248 e. The molecule has 4 N–H and O–H groups in total. The first kappa shape index (κ1) is 14.7. The van der Waals surface area contributed by atoms with Gasteiger partial charge < -0.3 is 11.5 Å². The van der Waals surface area contributed by atoms with Gasteiger partial charge >= 0.3 is 0 Å². The molecule has 1 aromatic rings. The lowest BCUT2D eigenvalue weighted by atomic mass is 10.1. The molecule has 0 atom stereocenters. The molecule has 0 saturated carbocycles. The molecule has 0 saturated heterocycles. The standard InChI is InChI=1S/C12H18N2O3S/c1-12(2,14)8-18(16,17)7-9-3-5-10(6-4-9)11(13)15/h3-6H,7-8,14H2,1-2H3,(H2,13,15). The number of carbonyl (C=O) groups excluding carboxylic acids is 1. The van der Waals surface area contributed by atoms with Crippen molar-refractivity contribution in [3.63, 3.8) is 0 Å². The van der Waals surface area contributed by atoms with E-state index < -0.39 is 21.3 Å². The zero-order valence-corrected chi connectivity index (χ0v) is 11.3. The maximum Gasteiger partial charge on any atom is 0.248 e. The Morgan fingerprint density at radius 3 is 2.11 bits per heavy atom. The van der Waals surface area contributed by atoms with E-state index in [-0.39, 0.29) is 11.5 Å². The molecule has 1 amide bonds. The topological polar surface area (TPSA) is 103 Å². The Bertz CT molecular complexity index is 527. The lowest BCUT2D eigenvalue weighted by Crippen LogP contribution is -2.40. The molecular weight excluding hydrogens is 252 g/mol. The van der Waals surface area contributed by atoms with Crippen LogP contribution in [0.3, 0.4) is 0 Å². The summed E-state index contributed by atoms with van der Waals surface area (Å²) in [5.74, 6) is -0.711. The second-order valence-electron chi connectivity index (χ2n) is 5.08. The van der Waals surface area contributed by atoms with Crippen molar-refractivity contribution >= 4 is 15.7 Å². The van der Waals surface area contributed by atoms with Crippen molar-refractivity contribution in [1.82, 2.24) is 0 Å². The second kappa shape index (κ2) is 5.07. The molecule has 1 rings (SSSR count). The van der Waals surface area contributed by atoms with Crippen molar-refractivity contribution in [2.45, 2.75) is 25.1 Å². The first-order valence-electron chi connectivity index (χ1n) is 5.47. The third kappa shape index (κ3) is 4.85. The Kier molecular flexibility index (Phi) is 4.13. The maximum absolute atomic E-state index is 11.9. The number of nitrogens with two attached hydrogens (primary N) is 2. The number of sulfone groups is 1. The van der Waals surface area contributed by atoms with Gasteiger partial charge in [-0.2, -0.15) is 0 Å². The predicted octanol–water partition coefficient (Wildman–Crippen LogP) is 0.438. The van der Waals surface area contributed by atoms with E-state index >= 15 is 0 Å². The fourth-order valence-electron chi connectivity index (χ4n) is 1.64. The highest BCUT2D eigenvalue weighted by Gasteiger charge is 2.22. The molecule has 0 aliphatic heterocycles. The van der Waals surface area contributed by atoms with Crippen molar-refractivity contribution in [3.05, 3.63) is 35.4 Å². The minimum absolute atomic E-state index is 0.0857. The van der Waals surface area contributed by atoms with Gasteiger partial charge in [0, 0.05) is 11.1 Å². The van der Waals surface area contributed by atoms with E-state index in [0.29, 0.717) is 11.1 Å². The highest BCUT2D eigenvalue weighted by Crippen LogP contribution is 2.12.